The van der Waals surface area contributed by atoms with Gasteiger partial charge in [0, 0.05) is 36.4 Å². The van der Waals surface area contributed by atoms with E-state index in [1.165, 1.54) is 4.88 Å². The molecule has 1 saturated heterocycles. The van der Waals surface area contributed by atoms with Crippen molar-refractivity contribution in [1.29, 1.82) is 0 Å². The molecule has 0 bridgehead atoms. The number of aryl methyl sites for hydroxylation is 1. The van der Waals surface area contributed by atoms with E-state index >= 15 is 0 Å². The van der Waals surface area contributed by atoms with E-state index in [0.29, 0.717) is 26.2 Å². The van der Waals surface area contributed by atoms with Crippen LogP contribution in [0.1, 0.15) is 34.1 Å². The predicted octanol–water partition coefficient (Wildman–Crippen LogP) is 1.76. The molecule has 2 N–H and O–H groups in total. The number of carboxylic acids is 1. The van der Waals surface area contributed by atoms with Crippen molar-refractivity contribution < 1.29 is 14.7 Å². The van der Waals surface area contributed by atoms with E-state index in [0.717, 1.165) is 17.5 Å². The number of hydrogen-bond acceptors (Lipinski definition) is 4. The molecule has 5 nitrogen and oxygen atoms in total. The van der Waals surface area contributed by atoms with Gasteiger partial charge in [-0.25, -0.2) is 0 Å². The number of amides is 1. The summed E-state index contributed by atoms with van der Waals surface area (Å²) in [5.74, 6) is -0.800. The third-order valence-electron chi connectivity index (χ3n) is 3.91. The first-order valence-electron chi connectivity index (χ1n) is 7.31. The summed E-state index contributed by atoms with van der Waals surface area (Å²) < 4.78 is 0. The maximum Gasteiger partial charge on any atom is 0.303 e. The van der Waals surface area contributed by atoms with Gasteiger partial charge in [0.15, 0.2) is 0 Å². The van der Waals surface area contributed by atoms with Crippen LogP contribution in [0.25, 0.3) is 0 Å². The van der Waals surface area contributed by atoms with Crippen LogP contribution in [-0.2, 0) is 11.2 Å². The van der Waals surface area contributed by atoms with Crippen molar-refractivity contribution in [3.05, 3.63) is 21.4 Å². The highest BCUT2D eigenvalue weighted by Crippen LogP contribution is 2.24. The van der Waals surface area contributed by atoms with Crippen molar-refractivity contribution in [1.82, 2.24) is 10.2 Å². The zero-order valence-electron chi connectivity index (χ0n) is 12.5. The van der Waals surface area contributed by atoms with Crippen LogP contribution in [0.2, 0.25) is 0 Å². The van der Waals surface area contributed by atoms with Gasteiger partial charge in [0.2, 0.25) is 0 Å². The Morgan fingerprint density at radius 3 is 2.95 bits per heavy atom. The fourth-order valence-corrected chi connectivity index (χ4v) is 3.76. The van der Waals surface area contributed by atoms with Crippen LogP contribution in [0.5, 0.6) is 0 Å². The molecule has 0 aromatic carbocycles. The topological polar surface area (TPSA) is 69.6 Å². The molecule has 1 aromatic rings. The molecule has 0 unspecified atom stereocenters. The number of hydrogen-bond donors (Lipinski definition) is 2. The van der Waals surface area contributed by atoms with Gasteiger partial charge >= 0.3 is 5.97 Å². The Bertz CT molecular complexity index is 527. The highest BCUT2D eigenvalue weighted by atomic mass is 32.1. The lowest BCUT2D eigenvalue weighted by atomic mass is 10.0. The Morgan fingerprint density at radius 1 is 1.52 bits per heavy atom. The fraction of sp³-hybridized carbons (Fsp3) is 0.600. The number of carbonyl (C=O) groups is 2. The highest BCUT2D eigenvalue weighted by Gasteiger charge is 2.26. The van der Waals surface area contributed by atoms with Crippen LogP contribution < -0.4 is 5.32 Å². The number of aliphatic carboxylic acids is 1. The maximum atomic E-state index is 12.7. The molecular weight excluding hydrogens is 288 g/mol. The molecule has 2 heterocycles. The van der Waals surface area contributed by atoms with E-state index < -0.39 is 5.97 Å². The molecule has 1 aromatic heterocycles. The standard InChI is InChI=1S/C15H22N2O3S/c1-3-12-10(2)21-9-13(12)15(20)17-5-4-16-7-11(8-17)6-14(18)19/h9,11,16H,3-8H2,1-2H3,(H,18,19)/t11-/m1/s1. The highest BCUT2D eigenvalue weighted by molar-refractivity contribution is 7.10. The Balaban J connectivity index is 2.14. The van der Waals surface area contributed by atoms with Gasteiger partial charge in [-0.05, 0) is 24.8 Å². The Labute approximate surface area is 129 Å². The van der Waals surface area contributed by atoms with E-state index in [-0.39, 0.29) is 18.2 Å². The number of nitrogens with one attached hydrogen (secondary N) is 1. The first-order valence-corrected chi connectivity index (χ1v) is 8.19. The van der Waals surface area contributed by atoms with Crippen LogP contribution in [0, 0.1) is 12.8 Å². The summed E-state index contributed by atoms with van der Waals surface area (Å²) in [5, 5.41) is 14.1. The monoisotopic (exact) mass is 310 g/mol. The molecule has 116 valence electrons. The van der Waals surface area contributed by atoms with Gasteiger partial charge in [-0.1, -0.05) is 6.92 Å². The molecular formula is C15H22N2O3S. The van der Waals surface area contributed by atoms with Gasteiger partial charge < -0.3 is 15.3 Å². The summed E-state index contributed by atoms with van der Waals surface area (Å²) in [6, 6.07) is 0. The average Bonchev–Trinajstić information content (AvgIpc) is 2.65. The number of thiophene rings is 1. The predicted molar refractivity (Wildman–Crippen MR) is 83.0 cm³/mol. The summed E-state index contributed by atoms with van der Waals surface area (Å²) in [6.45, 7) is 6.61. The zero-order valence-corrected chi connectivity index (χ0v) is 13.3. The molecule has 1 aliphatic heterocycles. The first-order chi connectivity index (χ1) is 10.0. The van der Waals surface area contributed by atoms with Crippen molar-refractivity contribution in [3.8, 4) is 0 Å². The van der Waals surface area contributed by atoms with Gasteiger partial charge in [-0.15, -0.1) is 11.3 Å². The van der Waals surface area contributed by atoms with Crippen molar-refractivity contribution in [2.24, 2.45) is 5.92 Å². The quantitative estimate of drug-likeness (QED) is 0.889. The average molecular weight is 310 g/mol. The van der Waals surface area contributed by atoms with Gasteiger partial charge in [0.1, 0.15) is 0 Å². The van der Waals surface area contributed by atoms with Crippen LogP contribution in [0.4, 0.5) is 0 Å². The second-order valence-electron chi connectivity index (χ2n) is 5.46. The summed E-state index contributed by atoms with van der Waals surface area (Å²) in [5.41, 5.74) is 1.91. The van der Waals surface area contributed by atoms with Gasteiger partial charge in [-0.3, -0.25) is 9.59 Å². The molecule has 0 spiro atoms. The van der Waals surface area contributed by atoms with Crippen molar-refractivity contribution >= 4 is 23.2 Å². The molecule has 1 aliphatic rings. The number of carbonyl (C=O) groups excluding carboxylic acids is 1. The van der Waals surface area contributed by atoms with Crippen LogP contribution in [0.15, 0.2) is 5.38 Å². The summed E-state index contributed by atoms with van der Waals surface area (Å²) in [6.07, 6.45) is 0.946. The summed E-state index contributed by atoms with van der Waals surface area (Å²) in [7, 11) is 0. The molecule has 2 rings (SSSR count). The third kappa shape index (κ3) is 3.83. The van der Waals surface area contributed by atoms with Crippen LogP contribution in [0.3, 0.4) is 0 Å². The second kappa shape index (κ2) is 7.04. The number of rotatable bonds is 4. The largest absolute Gasteiger partial charge is 0.481 e. The van der Waals surface area contributed by atoms with E-state index in [1.54, 1.807) is 16.2 Å². The minimum atomic E-state index is -0.809. The first kappa shape index (κ1) is 16.0. The van der Waals surface area contributed by atoms with Crippen molar-refractivity contribution in [2.75, 3.05) is 26.2 Å². The van der Waals surface area contributed by atoms with Crippen LogP contribution in [-0.4, -0.2) is 48.1 Å². The zero-order chi connectivity index (χ0) is 15.4. The van der Waals surface area contributed by atoms with Gasteiger partial charge in [0.25, 0.3) is 5.91 Å². The molecule has 1 amide bonds. The molecule has 0 saturated carbocycles. The molecule has 6 heteroatoms. The van der Waals surface area contributed by atoms with Crippen molar-refractivity contribution in [3.63, 3.8) is 0 Å². The van der Waals surface area contributed by atoms with Gasteiger partial charge in [0.05, 0.1) is 12.0 Å². The smallest absolute Gasteiger partial charge is 0.303 e. The lowest BCUT2D eigenvalue weighted by Crippen LogP contribution is -2.36. The molecule has 1 atom stereocenters. The van der Waals surface area contributed by atoms with Gasteiger partial charge in [-0.2, -0.15) is 0 Å². The van der Waals surface area contributed by atoms with Crippen molar-refractivity contribution in [2.45, 2.75) is 26.7 Å². The SMILES string of the molecule is CCc1c(C(=O)N2CCNC[C@@H](CC(=O)O)C2)csc1C. The van der Waals surface area contributed by atoms with E-state index in [4.69, 9.17) is 5.11 Å². The maximum absolute atomic E-state index is 12.7. The third-order valence-corrected chi connectivity index (χ3v) is 4.86. The summed E-state index contributed by atoms with van der Waals surface area (Å²) >= 11 is 1.61. The second-order valence-corrected chi connectivity index (χ2v) is 6.54. The minimum Gasteiger partial charge on any atom is -0.481 e. The molecule has 0 aliphatic carbocycles. The van der Waals surface area contributed by atoms with Crippen LogP contribution >= 0.6 is 11.3 Å². The number of carboxylic acid groups (broad SMARTS) is 1. The summed E-state index contributed by atoms with van der Waals surface area (Å²) in [4.78, 5) is 26.6. The lowest BCUT2D eigenvalue weighted by Gasteiger charge is -2.23. The Hall–Kier alpha value is -1.40. The minimum absolute atomic E-state index is 0.0289. The molecule has 21 heavy (non-hydrogen) atoms. The molecule has 1 fully saturated rings. The number of nitrogens with zero attached hydrogens (tertiary/aromatic N) is 1. The normalized spacial score (nSPS) is 19.3. The Kier molecular flexibility index (Phi) is 5.36. The van der Waals surface area contributed by atoms with E-state index in [2.05, 4.69) is 12.2 Å². The fourth-order valence-electron chi connectivity index (χ4n) is 2.82. The Morgan fingerprint density at radius 2 is 2.29 bits per heavy atom. The van der Waals surface area contributed by atoms with E-state index in [9.17, 15) is 9.59 Å². The van der Waals surface area contributed by atoms with E-state index in [1.807, 2.05) is 12.3 Å². The lowest BCUT2D eigenvalue weighted by molar-refractivity contribution is -0.138. The molecule has 0 radical (unpaired) electrons.